The molecule has 7 nitrogen and oxygen atoms in total. The van der Waals surface area contributed by atoms with Crippen molar-refractivity contribution in [1.82, 2.24) is 0 Å². The number of rotatable bonds is 4. The van der Waals surface area contributed by atoms with E-state index in [2.05, 4.69) is 0 Å². The molecule has 0 amide bonds. The second-order valence-electron chi connectivity index (χ2n) is 8.69. The Morgan fingerprint density at radius 2 is 0.852 bits per heavy atom. The summed E-state index contributed by atoms with van der Waals surface area (Å²) in [5, 5.41) is 18.9. The van der Waals surface area contributed by atoms with E-state index in [4.69, 9.17) is 4.74 Å². The highest BCUT2D eigenvalue weighted by Crippen LogP contribution is 2.41. The maximum absolute atomic E-state index is 12.6. The summed E-state index contributed by atoms with van der Waals surface area (Å²) in [6.45, 7) is 7.82. The molecule has 0 spiro atoms. The molecular formula is C20H30O7. The maximum Gasteiger partial charge on any atom is 0.317 e. The van der Waals surface area contributed by atoms with Crippen molar-refractivity contribution in [3.63, 3.8) is 0 Å². The van der Waals surface area contributed by atoms with Crippen molar-refractivity contribution in [3.8, 4) is 0 Å². The fourth-order valence-electron chi connectivity index (χ4n) is 4.51. The van der Waals surface area contributed by atoms with Gasteiger partial charge in [-0.3, -0.25) is 19.2 Å². The van der Waals surface area contributed by atoms with E-state index in [-0.39, 0.29) is 23.7 Å². The average molecular weight is 382 g/mol. The molecule has 2 aliphatic carbocycles. The smallest absolute Gasteiger partial charge is 0.317 e. The number of hydrogen-bond acceptors (Lipinski definition) is 5. The van der Waals surface area contributed by atoms with Crippen molar-refractivity contribution in [2.75, 3.05) is 0 Å². The molecule has 2 fully saturated rings. The summed E-state index contributed by atoms with van der Waals surface area (Å²) in [6.07, 6.45) is 1.43. The first-order valence-corrected chi connectivity index (χ1v) is 9.74. The molecule has 7 heteroatoms. The van der Waals surface area contributed by atoms with Crippen LogP contribution in [0, 0.1) is 47.3 Å². The third-order valence-electron chi connectivity index (χ3n) is 6.86. The van der Waals surface area contributed by atoms with Crippen LogP contribution in [0.2, 0.25) is 0 Å². The minimum absolute atomic E-state index is 0.149. The average Bonchev–Trinajstić information content (AvgIpc) is 2.58. The molecule has 0 bridgehead atoms. The monoisotopic (exact) mass is 382 g/mol. The summed E-state index contributed by atoms with van der Waals surface area (Å²) in [4.78, 5) is 48.3. The quantitative estimate of drug-likeness (QED) is 0.567. The molecule has 152 valence electrons. The highest BCUT2D eigenvalue weighted by atomic mass is 16.6. The second kappa shape index (κ2) is 8.40. The van der Waals surface area contributed by atoms with Crippen molar-refractivity contribution >= 4 is 23.9 Å². The number of esters is 2. The van der Waals surface area contributed by atoms with E-state index in [9.17, 15) is 29.4 Å². The van der Waals surface area contributed by atoms with E-state index in [1.54, 1.807) is 0 Å². The van der Waals surface area contributed by atoms with Crippen LogP contribution in [0.5, 0.6) is 0 Å². The first kappa shape index (κ1) is 21.4. The molecule has 0 heterocycles. The van der Waals surface area contributed by atoms with E-state index in [1.165, 1.54) is 0 Å². The highest BCUT2D eigenvalue weighted by molar-refractivity contribution is 5.92. The van der Waals surface area contributed by atoms with Gasteiger partial charge in [0, 0.05) is 0 Å². The minimum atomic E-state index is -1.06. The van der Waals surface area contributed by atoms with Crippen LogP contribution in [0.3, 0.4) is 0 Å². The molecule has 0 radical (unpaired) electrons. The summed E-state index contributed by atoms with van der Waals surface area (Å²) >= 11 is 0. The predicted molar refractivity (Wildman–Crippen MR) is 95.5 cm³/mol. The van der Waals surface area contributed by atoms with Crippen LogP contribution in [0.1, 0.15) is 53.4 Å². The molecule has 8 atom stereocenters. The maximum atomic E-state index is 12.6. The topological polar surface area (TPSA) is 118 Å². The Morgan fingerprint density at radius 1 is 0.593 bits per heavy atom. The molecular weight excluding hydrogens is 352 g/mol. The molecule has 0 aromatic heterocycles. The Bertz CT molecular complexity index is 561. The summed E-state index contributed by atoms with van der Waals surface area (Å²) < 4.78 is 5.05. The molecule has 8 unspecified atom stereocenters. The third kappa shape index (κ3) is 4.68. The zero-order valence-electron chi connectivity index (χ0n) is 16.4. The number of carboxylic acids is 2. The molecule has 2 rings (SSSR count). The minimum Gasteiger partial charge on any atom is -0.481 e. The van der Waals surface area contributed by atoms with E-state index < -0.39 is 47.5 Å². The Labute approximate surface area is 159 Å². The normalized spacial score (nSPS) is 39.4. The van der Waals surface area contributed by atoms with Gasteiger partial charge in [-0.05, 0) is 49.4 Å². The van der Waals surface area contributed by atoms with Crippen molar-refractivity contribution in [2.24, 2.45) is 47.3 Å². The molecule has 0 aromatic carbocycles. The first-order chi connectivity index (χ1) is 12.5. The van der Waals surface area contributed by atoms with Crippen molar-refractivity contribution in [3.05, 3.63) is 0 Å². The Balaban J connectivity index is 2.12. The van der Waals surface area contributed by atoms with Crippen LogP contribution in [-0.4, -0.2) is 34.1 Å². The van der Waals surface area contributed by atoms with E-state index in [1.807, 2.05) is 27.7 Å². The van der Waals surface area contributed by atoms with Crippen LogP contribution < -0.4 is 0 Å². The number of aliphatic carboxylic acids is 2. The lowest BCUT2D eigenvalue weighted by Gasteiger charge is -2.37. The predicted octanol–water partition coefficient (Wildman–Crippen LogP) is 2.82. The lowest BCUT2D eigenvalue weighted by molar-refractivity contribution is -0.176. The van der Waals surface area contributed by atoms with Gasteiger partial charge < -0.3 is 14.9 Å². The fourth-order valence-corrected chi connectivity index (χ4v) is 4.51. The number of hydrogen-bond donors (Lipinski definition) is 2. The van der Waals surface area contributed by atoms with E-state index >= 15 is 0 Å². The van der Waals surface area contributed by atoms with Gasteiger partial charge in [0.15, 0.2) is 0 Å². The molecule has 2 N–H and O–H groups in total. The zero-order chi connectivity index (χ0) is 20.5. The summed E-state index contributed by atoms with van der Waals surface area (Å²) in [7, 11) is 0. The Hall–Kier alpha value is -1.92. The number of carboxylic acid groups (broad SMARTS) is 2. The molecule has 0 aliphatic heterocycles. The first-order valence-electron chi connectivity index (χ1n) is 9.74. The largest absolute Gasteiger partial charge is 0.481 e. The lowest BCUT2D eigenvalue weighted by Crippen LogP contribution is -2.43. The van der Waals surface area contributed by atoms with Gasteiger partial charge in [-0.2, -0.15) is 0 Å². The van der Waals surface area contributed by atoms with Crippen LogP contribution in [-0.2, 0) is 23.9 Å². The van der Waals surface area contributed by atoms with Crippen LogP contribution in [0.15, 0.2) is 0 Å². The highest BCUT2D eigenvalue weighted by Gasteiger charge is 2.46. The zero-order valence-corrected chi connectivity index (χ0v) is 16.4. The second-order valence-corrected chi connectivity index (χ2v) is 8.69. The van der Waals surface area contributed by atoms with Gasteiger partial charge in [0.2, 0.25) is 0 Å². The number of carbonyl (C=O) groups is 4. The van der Waals surface area contributed by atoms with Crippen molar-refractivity contribution in [2.45, 2.75) is 53.4 Å². The molecule has 27 heavy (non-hydrogen) atoms. The standard InChI is InChI=1S/C20H30O7/c1-9-5-13(17(21)22)15(7-11(9)3)19(25)27-20(26)16-8-12(4)10(2)6-14(16)18(23)24/h9-16H,5-8H2,1-4H3,(H,21,22)(H,23,24). The molecule has 2 aliphatic rings. The van der Waals surface area contributed by atoms with Gasteiger partial charge in [0.1, 0.15) is 0 Å². The number of ether oxygens (including phenoxy) is 1. The lowest BCUT2D eigenvalue weighted by atomic mass is 9.69. The van der Waals surface area contributed by atoms with Crippen LogP contribution in [0.4, 0.5) is 0 Å². The summed E-state index contributed by atoms with van der Waals surface area (Å²) in [5.74, 6) is -6.66. The van der Waals surface area contributed by atoms with Gasteiger partial charge in [0.05, 0.1) is 23.7 Å². The van der Waals surface area contributed by atoms with Gasteiger partial charge in [0.25, 0.3) is 0 Å². The molecule has 0 aromatic rings. The van der Waals surface area contributed by atoms with Crippen molar-refractivity contribution < 1.29 is 34.1 Å². The van der Waals surface area contributed by atoms with Crippen LogP contribution >= 0.6 is 0 Å². The summed E-state index contributed by atoms with van der Waals surface area (Å²) in [6, 6.07) is 0. The Kier molecular flexibility index (Phi) is 6.65. The molecule has 2 saturated carbocycles. The van der Waals surface area contributed by atoms with Gasteiger partial charge in [-0.15, -0.1) is 0 Å². The van der Waals surface area contributed by atoms with Crippen LogP contribution in [0.25, 0.3) is 0 Å². The SMILES string of the molecule is CC1CC(C(=O)O)C(C(=O)OC(=O)C2CC(C)C(C)CC2C(=O)O)CC1C. The number of carbonyl (C=O) groups excluding carboxylic acids is 2. The van der Waals surface area contributed by atoms with Gasteiger partial charge in [-0.1, -0.05) is 27.7 Å². The van der Waals surface area contributed by atoms with Gasteiger partial charge >= 0.3 is 23.9 Å². The van der Waals surface area contributed by atoms with E-state index in [0.29, 0.717) is 25.7 Å². The van der Waals surface area contributed by atoms with E-state index in [0.717, 1.165) is 0 Å². The summed E-state index contributed by atoms with van der Waals surface area (Å²) in [5.41, 5.74) is 0. The molecule has 0 saturated heterocycles. The van der Waals surface area contributed by atoms with Gasteiger partial charge in [-0.25, -0.2) is 0 Å². The Morgan fingerprint density at radius 3 is 1.11 bits per heavy atom. The van der Waals surface area contributed by atoms with Crippen molar-refractivity contribution in [1.29, 1.82) is 0 Å². The fraction of sp³-hybridized carbons (Fsp3) is 0.800. The third-order valence-corrected chi connectivity index (χ3v) is 6.86.